The highest BCUT2D eigenvalue weighted by molar-refractivity contribution is 5.27. The molecular formula is C10H12F3N. The number of halogens is 3. The van der Waals surface area contributed by atoms with Gasteiger partial charge in [-0.15, -0.1) is 0 Å². The summed E-state index contributed by atoms with van der Waals surface area (Å²) in [6.07, 6.45) is -2.07. The zero-order valence-corrected chi connectivity index (χ0v) is 7.81. The van der Waals surface area contributed by atoms with Crippen LogP contribution in [0.3, 0.4) is 0 Å². The highest BCUT2D eigenvalue weighted by Crippen LogP contribution is 2.24. The monoisotopic (exact) mass is 203 g/mol. The molecule has 0 radical (unpaired) electrons. The topological polar surface area (TPSA) is 26.0 Å². The molecule has 78 valence electrons. The van der Waals surface area contributed by atoms with Crippen LogP contribution in [-0.2, 0) is 0 Å². The number of hydrogen-bond acceptors (Lipinski definition) is 1. The Morgan fingerprint density at radius 3 is 2.43 bits per heavy atom. The van der Waals surface area contributed by atoms with Gasteiger partial charge in [0.05, 0.1) is 0 Å². The molecule has 0 heterocycles. The minimum Gasteiger partial charge on any atom is -0.324 e. The predicted octanol–water partition coefficient (Wildman–Crippen LogP) is 3.17. The minimum absolute atomic E-state index is 0.289. The maximum absolute atomic E-state index is 13.2. The first-order valence-electron chi connectivity index (χ1n) is 4.39. The Balaban J connectivity index is 3.01. The minimum atomic E-state index is -2.64. The van der Waals surface area contributed by atoms with Gasteiger partial charge in [-0.25, -0.2) is 13.2 Å². The molecule has 0 spiro atoms. The maximum atomic E-state index is 13.2. The van der Waals surface area contributed by atoms with E-state index in [9.17, 15) is 13.2 Å². The van der Waals surface area contributed by atoms with Crippen LogP contribution >= 0.6 is 0 Å². The third-order valence-corrected chi connectivity index (χ3v) is 2.12. The lowest BCUT2D eigenvalue weighted by Gasteiger charge is -2.11. The molecule has 0 saturated carbocycles. The lowest BCUT2D eigenvalue weighted by Crippen LogP contribution is -2.10. The van der Waals surface area contributed by atoms with Crippen molar-refractivity contribution in [1.29, 1.82) is 0 Å². The van der Waals surface area contributed by atoms with Gasteiger partial charge in [-0.1, -0.05) is 19.1 Å². The molecule has 1 aromatic rings. The number of nitrogens with two attached hydrogens (primary N) is 1. The van der Waals surface area contributed by atoms with Crippen LogP contribution in [0.25, 0.3) is 0 Å². The molecule has 0 aliphatic rings. The van der Waals surface area contributed by atoms with Crippen molar-refractivity contribution in [3.05, 3.63) is 35.1 Å². The van der Waals surface area contributed by atoms with Gasteiger partial charge in [0.2, 0.25) is 0 Å². The third kappa shape index (κ3) is 2.26. The van der Waals surface area contributed by atoms with Gasteiger partial charge in [0.1, 0.15) is 5.82 Å². The van der Waals surface area contributed by atoms with E-state index < -0.39 is 18.3 Å². The summed E-state index contributed by atoms with van der Waals surface area (Å²) in [7, 11) is 0. The lowest BCUT2D eigenvalue weighted by molar-refractivity contribution is 0.151. The van der Waals surface area contributed by atoms with E-state index in [4.69, 9.17) is 5.73 Å². The van der Waals surface area contributed by atoms with Gasteiger partial charge in [0.15, 0.2) is 0 Å². The summed E-state index contributed by atoms with van der Waals surface area (Å²) in [5, 5.41) is 0. The summed E-state index contributed by atoms with van der Waals surface area (Å²) in [4.78, 5) is 0. The van der Waals surface area contributed by atoms with Crippen molar-refractivity contribution in [3.63, 3.8) is 0 Å². The normalized spacial score (nSPS) is 13.3. The average molecular weight is 203 g/mol. The van der Waals surface area contributed by atoms with Gasteiger partial charge in [-0.3, -0.25) is 0 Å². The molecule has 14 heavy (non-hydrogen) atoms. The van der Waals surface area contributed by atoms with E-state index in [1.165, 1.54) is 12.1 Å². The van der Waals surface area contributed by atoms with Gasteiger partial charge >= 0.3 is 0 Å². The zero-order valence-electron chi connectivity index (χ0n) is 7.81. The van der Waals surface area contributed by atoms with Crippen molar-refractivity contribution in [2.24, 2.45) is 5.73 Å². The second-order valence-electron chi connectivity index (χ2n) is 3.10. The van der Waals surface area contributed by atoms with Crippen LogP contribution < -0.4 is 5.73 Å². The molecular weight excluding hydrogens is 191 g/mol. The molecule has 1 aromatic carbocycles. The SMILES string of the molecule is CC[C@@H](N)c1ccc(C(F)F)cc1F. The molecule has 1 rings (SSSR count). The first-order chi connectivity index (χ1) is 6.56. The van der Waals surface area contributed by atoms with Crippen LogP contribution in [0.4, 0.5) is 13.2 Å². The van der Waals surface area contributed by atoms with Gasteiger partial charge in [0, 0.05) is 17.2 Å². The molecule has 1 nitrogen and oxygen atoms in total. The maximum Gasteiger partial charge on any atom is 0.263 e. The molecule has 0 aliphatic carbocycles. The fourth-order valence-electron chi connectivity index (χ4n) is 1.20. The molecule has 0 amide bonds. The fraction of sp³-hybridized carbons (Fsp3) is 0.400. The fourth-order valence-corrected chi connectivity index (χ4v) is 1.20. The number of alkyl halides is 2. The Morgan fingerprint density at radius 1 is 1.36 bits per heavy atom. The van der Waals surface area contributed by atoms with Crippen LogP contribution in [-0.4, -0.2) is 0 Å². The summed E-state index contributed by atoms with van der Waals surface area (Å²) < 4.78 is 37.6. The largest absolute Gasteiger partial charge is 0.324 e. The van der Waals surface area contributed by atoms with Crippen LogP contribution in [0.2, 0.25) is 0 Å². The van der Waals surface area contributed by atoms with Gasteiger partial charge in [-0.2, -0.15) is 0 Å². The van der Waals surface area contributed by atoms with Gasteiger partial charge in [-0.05, 0) is 12.5 Å². The Morgan fingerprint density at radius 2 is 2.00 bits per heavy atom. The lowest BCUT2D eigenvalue weighted by atomic mass is 10.0. The smallest absolute Gasteiger partial charge is 0.263 e. The van der Waals surface area contributed by atoms with Gasteiger partial charge in [0.25, 0.3) is 6.43 Å². The van der Waals surface area contributed by atoms with Crippen molar-refractivity contribution in [3.8, 4) is 0 Å². The van der Waals surface area contributed by atoms with Crippen LogP contribution in [0, 0.1) is 5.82 Å². The molecule has 0 bridgehead atoms. The Hall–Kier alpha value is -1.03. The van der Waals surface area contributed by atoms with E-state index in [1.807, 2.05) is 6.92 Å². The number of hydrogen-bond donors (Lipinski definition) is 1. The molecule has 1 atom stereocenters. The van der Waals surface area contributed by atoms with E-state index in [0.29, 0.717) is 6.42 Å². The predicted molar refractivity (Wildman–Crippen MR) is 48.6 cm³/mol. The van der Waals surface area contributed by atoms with Crippen molar-refractivity contribution >= 4 is 0 Å². The highest BCUT2D eigenvalue weighted by atomic mass is 19.3. The molecule has 0 aliphatic heterocycles. The van der Waals surface area contributed by atoms with Gasteiger partial charge < -0.3 is 5.73 Å². The van der Waals surface area contributed by atoms with E-state index in [0.717, 1.165) is 6.07 Å². The Kier molecular flexibility index (Phi) is 3.52. The second kappa shape index (κ2) is 4.46. The average Bonchev–Trinajstić information content (AvgIpc) is 2.16. The molecule has 0 aromatic heterocycles. The van der Waals surface area contributed by atoms with Crippen molar-refractivity contribution < 1.29 is 13.2 Å². The van der Waals surface area contributed by atoms with Crippen LogP contribution in [0.15, 0.2) is 18.2 Å². The summed E-state index contributed by atoms with van der Waals surface area (Å²) >= 11 is 0. The molecule has 0 unspecified atom stereocenters. The Labute approximate surface area is 80.7 Å². The second-order valence-corrected chi connectivity index (χ2v) is 3.10. The van der Waals surface area contributed by atoms with Crippen LogP contribution in [0.1, 0.15) is 36.9 Å². The van der Waals surface area contributed by atoms with Crippen molar-refractivity contribution in [1.82, 2.24) is 0 Å². The molecule has 0 fully saturated rings. The third-order valence-electron chi connectivity index (χ3n) is 2.12. The first-order valence-corrected chi connectivity index (χ1v) is 4.39. The van der Waals surface area contributed by atoms with Crippen molar-refractivity contribution in [2.45, 2.75) is 25.8 Å². The standard InChI is InChI=1S/C10H12F3N/c1-2-9(14)7-4-3-6(10(12)13)5-8(7)11/h3-5,9-10H,2,14H2,1H3/t9-/m1/s1. The summed E-state index contributed by atoms with van der Waals surface area (Å²) in [5.41, 5.74) is 5.57. The van der Waals surface area contributed by atoms with Crippen LogP contribution in [0.5, 0.6) is 0 Å². The molecule has 0 saturated heterocycles. The zero-order chi connectivity index (χ0) is 10.7. The highest BCUT2D eigenvalue weighted by Gasteiger charge is 2.13. The van der Waals surface area contributed by atoms with E-state index >= 15 is 0 Å². The quantitative estimate of drug-likeness (QED) is 0.802. The Bertz CT molecular complexity index is 312. The van der Waals surface area contributed by atoms with E-state index in [1.54, 1.807) is 0 Å². The summed E-state index contributed by atoms with van der Waals surface area (Å²) in [6, 6.07) is 2.95. The number of benzene rings is 1. The molecule has 2 N–H and O–H groups in total. The van der Waals surface area contributed by atoms with E-state index in [-0.39, 0.29) is 11.1 Å². The van der Waals surface area contributed by atoms with E-state index in [2.05, 4.69) is 0 Å². The molecule has 4 heteroatoms. The summed E-state index contributed by atoms with van der Waals surface area (Å²) in [5.74, 6) is -0.655. The summed E-state index contributed by atoms with van der Waals surface area (Å²) in [6.45, 7) is 1.81. The number of rotatable bonds is 3. The first kappa shape index (κ1) is 11.0. The van der Waals surface area contributed by atoms with Crippen molar-refractivity contribution in [2.75, 3.05) is 0 Å².